The molecule has 1 spiro atoms. The molecule has 6 atom stereocenters. The SMILES string of the molecule is C[C@@]12CCC3(S1)C(C(=O)NCc1ccccc1)N([C@@H](CO)Cc1ccccc1)C(=O)[C@@H]3[C@@H]2C(=O)NCc1ccccc1. The van der Waals surface area contributed by atoms with E-state index in [2.05, 4.69) is 17.6 Å². The number of hydrogen-bond acceptors (Lipinski definition) is 5. The molecule has 0 saturated carbocycles. The van der Waals surface area contributed by atoms with Crippen LogP contribution in [-0.2, 0) is 33.9 Å². The van der Waals surface area contributed by atoms with Crippen molar-refractivity contribution in [3.05, 3.63) is 108 Å². The number of thioether (sulfide) groups is 1. The average Bonchev–Trinajstić information content (AvgIpc) is 3.59. The number of nitrogens with one attached hydrogen (secondary N) is 2. The number of likely N-dealkylation sites (tertiary alicyclic amines) is 1. The van der Waals surface area contributed by atoms with Crippen molar-refractivity contribution in [1.82, 2.24) is 15.5 Å². The molecule has 0 radical (unpaired) electrons. The van der Waals surface area contributed by atoms with Crippen LogP contribution in [0.4, 0.5) is 0 Å². The fourth-order valence-corrected chi connectivity index (χ4v) is 9.71. The summed E-state index contributed by atoms with van der Waals surface area (Å²) in [4.78, 5) is 44.2. The van der Waals surface area contributed by atoms with E-state index in [0.717, 1.165) is 23.1 Å². The second kappa shape index (κ2) is 11.6. The van der Waals surface area contributed by atoms with E-state index in [9.17, 15) is 19.5 Å². The third kappa shape index (κ3) is 5.01. The number of nitrogens with zero attached hydrogens (tertiary/aromatic N) is 1. The normalized spacial score (nSPS) is 28.4. The van der Waals surface area contributed by atoms with E-state index in [1.165, 1.54) is 0 Å². The summed E-state index contributed by atoms with van der Waals surface area (Å²) in [6.07, 6.45) is 1.82. The van der Waals surface area contributed by atoms with E-state index in [-0.39, 0.29) is 24.3 Å². The van der Waals surface area contributed by atoms with Gasteiger partial charge in [0.25, 0.3) is 0 Å². The second-order valence-electron chi connectivity index (χ2n) is 11.9. The van der Waals surface area contributed by atoms with E-state index in [1.54, 1.807) is 16.7 Å². The van der Waals surface area contributed by atoms with Crippen LogP contribution >= 0.6 is 11.8 Å². The van der Waals surface area contributed by atoms with Gasteiger partial charge in [-0.3, -0.25) is 14.4 Å². The van der Waals surface area contributed by atoms with Gasteiger partial charge in [0.1, 0.15) is 6.04 Å². The van der Waals surface area contributed by atoms with E-state index >= 15 is 0 Å². The number of aliphatic hydroxyl groups excluding tert-OH is 1. The largest absolute Gasteiger partial charge is 0.394 e. The van der Waals surface area contributed by atoms with Crippen LogP contribution < -0.4 is 10.6 Å². The van der Waals surface area contributed by atoms with E-state index in [4.69, 9.17) is 0 Å². The van der Waals surface area contributed by atoms with Crippen molar-refractivity contribution in [3.63, 3.8) is 0 Å². The molecule has 2 unspecified atom stereocenters. The molecule has 3 heterocycles. The van der Waals surface area contributed by atoms with Gasteiger partial charge in [-0.1, -0.05) is 91.0 Å². The maximum Gasteiger partial charge on any atom is 0.244 e. The van der Waals surface area contributed by atoms with Gasteiger partial charge in [-0.15, -0.1) is 11.8 Å². The summed E-state index contributed by atoms with van der Waals surface area (Å²) in [6, 6.07) is 27.8. The van der Waals surface area contributed by atoms with Crippen LogP contribution in [-0.4, -0.2) is 55.9 Å². The van der Waals surface area contributed by atoms with Gasteiger partial charge >= 0.3 is 0 Å². The summed E-state index contributed by atoms with van der Waals surface area (Å²) < 4.78 is -1.20. The van der Waals surface area contributed by atoms with Crippen molar-refractivity contribution >= 4 is 29.5 Å². The minimum absolute atomic E-state index is 0.150. The molecule has 0 aliphatic carbocycles. The number of aliphatic hydroxyl groups is 1. The molecular formula is C34H37N3O4S. The minimum Gasteiger partial charge on any atom is -0.394 e. The fraction of sp³-hybridized carbons (Fsp3) is 0.382. The number of fused-ring (bicyclic) bond motifs is 1. The predicted octanol–water partition coefficient (Wildman–Crippen LogP) is 3.70. The third-order valence-electron chi connectivity index (χ3n) is 9.28. The van der Waals surface area contributed by atoms with E-state index in [1.807, 2.05) is 91.0 Å². The van der Waals surface area contributed by atoms with E-state index in [0.29, 0.717) is 25.9 Å². The maximum absolute atomic E-state index is 14.5. The van der Waals surface area contributed by atoms with Crippen LogP contribution in [0, 0.1) is 11.8 Å². The second-order valence-corrected chi connectivity index (χ2v) is 13.8. The first-order chi connectivity index (χ1) is 20.4. The van der Waals surface area contributed by atoms with Crippen LogP contribution in [0.15, 0.2) is 91.0 Å². The Morgan fingerprint density at radius 2 is 1.38 bits per heavy atom. The van der Waals surface area contributed by atoms with Crippen LogP contribution in [0.1, 0.15) is 36.5 Å². The molecule has 42 heavy (non-hydrogen) atoms. The van der Waals surface area contributed by atoms with Crippen molar-refractivity contribution in [2.75, 3.05) is 6.61 Å². The Kier molecular flexibility index (Phi) is 7.85. The zero-order valence-corrected chi connectivity index (χ0v) is 24.6. The summed E-state index contributed by atoms with van der Waals surface area (Å²) in [5.74, 6) is -1.81. The van der Waals surface area contributed by atoms with E-state index < -0.39 is 33.4 Å². The van der Waals surface area contributed by atoms with Crippen LogP contribution in [0.25, 0.3) is 0 Å². The Balaban J connectivity index is 1.33. The Hall–Kier alpha value is -3.62. The number of rotatable bonds is 10. The standard InChI is InChI=1S/C34H37N3O4S/c1-33-17-18-34(42-33)28(27(33)30(39)35-20-24-13-7-3-8-14-24)32(41)37(26(22-38)19-23-11-5-2-6-12-23)29(34)31(40)36-21-25-15-9-4-10-16-25/h2-16,26-29,38H,17-22H2,1H3,(H,35,39)(H,36,40)/t26-,27-,28+,29?,33+,34?/m1/s1. The topological polar surface area (TPSA) is 98.7 Å². The average molecular weight is 584 g/mol. The fourth-order valence-electron chi connectivity index (χ4n) is 7.37. The molecular weight excluding hydrogens is 546 g/mol. The predicted molar refractivity (Wildman–Crippen MR) is 163 cm³/mol. The number of carbonyl (C=O) groups is 3. The Morgan fingerprint density at radius 3 is 1.93 bits per heavy atom. The minimum atomic E-state index is -0.793. The molecule has 3 aromatic rings. The van der Waals surface area contributed by atoms with Gasteiger partial charge in [-0.05, 0) is 42.9 Å². The molecule has 2 bridgehead atoms. The zero-order valence-electron chi connectivity index (χ0n) is 23.7. The van der Waals surface area contributed by atoms with Gasteiger partial charge in [-0.2, -0.15) is 0 Å². The van der Waals surface area contributed by atoms with Gasteiger partial charge in [-0.25, -0.2) is 0 Å². The number of hydrogen-bond donors (Lipinski definition) is 3. The monoisotopic (exact) mass is 583 g/mol. The summed E-state index contributed by atoms with van der Waals surface area (Å²) >= 11 is 1.64. The highest BCUT2D eigenvalue weighted by Gasteiger charge is 2.77. The molecule has 7 nitrogen and oxygen atoms in total. The maximum atomic E-state index is 14.5. The molecule has 3 N–H and O–H groups in total. The highest BCUT2D eigenvalue weighted by atomic mass is 32.2. The molecule has 3 aliphatic rings. The molecule has 8 heteroatoms. The van der Waals surface area contributed by atoms with Crippen LogP contribution in [0.3, 0.4) is 0 Å². The lowest BCUT2D eigenvalue weighted by Crippen LogP contribution is -2.56. The third-order valence-corrected chi connectivity index (χ3v) is 11.3. The molecule has 0 aromatic heterocycles. The van der Waals surface area contributed by atoms with Crippen molar-refractivity contribution in [2.45, 2.75) is 60.9 Å². The van der Waals surface area contributed by atoms with Gasteiger partial charge in [0.2, 0.25) is 17.7 Å². The van der Waals surface area contributed by atoms with Crippen molar-refractivity contribution < 1.29 is 19.5 Å². The number of carbonyl (C=O) groups excluding carboxylic acids is 3. The first-order valence-corrected chi connectivity index (χ1v) is 15.5. The number of amides is 3. The quantitative estimate of drug-likeness (QED) is 0.338. The highest BCUT2D eigenvalue weighted by molar-refractivity contribution is 8.02. The zero-order chi connectivity index (χ0) is 29.3. The lowest BCUT2D eigenvalue weighted by molar-refractivity contribution is -0.143. The molecule has 3 fully saturated rings. The summed E-state index contributed by atoms with van der Waals surface area (Å²) in [5.41, 5.74) is 2.93. The molecule has 3 saturated heterocycles. The first kappa shape index (κ1) is 28.5. The summed E-state index contributed by atoms with van der Waals surface area (Å²) in [5, 5.41) is 16.8. The van der Waals surface area contributed by atoms with Gasteiger partial charge in [0.05, 0.1) is 29.2 Å². The molecule has 3 aromatic carbocycles. The van der Waals surface area contributed by atoms with Gasteiger partial charge in [0, 0.05) is 17.8 Å². The van der Waals surface area contributed by atoms with Crippen LogP contribution in [0.2, 0.25) is 0 Å². The lowest BCUT2D eigenvalue weighted by Gasteiger charge is -2.37. The van der Waals surface area contributed by atoms with Crippen molar-refractivity contribution in [1.29, 1.82) is 0 Å². The first-order valence-electron chi connectivity index (χ1n) is 14.7. The van der Waals surface area contributed by atoms with Crippen molar-refractivity contribution in [2.24, 2.45) is 11.8 Å². The van der Waals surface area contributed by atoms with Crippen molar-refractivity contribution in [3.8, 4) is 0 Å². The molecule has 3 amide bonds. The Morgan fingerprint density at radius 1 is 0.857 bits per heavy atom. The highest BCUT2D eigenvalue weighted by Crippen LogP contribution is 2.71. The van der Waals surface area contributed by atoms with Gasteiger partial charge in [0.15, 0.2) is 0 Å². The Labute approximate surface area is 251 Å². The lowest BCUT2D eigenvalue weighted by atomic mass is 9.66. The smallest absolute Gasteiger partial charge is 0.244 e. The molecule has 3 aliphatic heterocycles. The molecule has 218 valence electrons. The van der Waals surface area contributed by atoms with Crippen LogP contribution in [0.5, 0.6) is 0 Å². The van der Waals surface area contributed by atoms with Gasteiger partial charge < -0.3 is 20.6 Å². The Bertz CT molecular complexity index is 1440. The summed E-state index contributed by atoms with van der Waals surface area (Å²) in [7, 11) is 0. The number of benzene rings is 3. The molecule has 6 rings (SSSR count). The summed E-state index contributed by atoms with van der Waals surface area (Å²) in [6.45, 7) is 2.51.